The molecule has 1 aromatic heterocycles. The number of rotatable bonds is 4. The molecule has 1 aromatic rings. The van der Waals surface area contributed by atoms with Gasteiger partial charge in [-0.25, -0.2) is 0 Å². The highest BCUT2D eigenvalue weighted by molar-refractivity contribution is 5.79. The fourth-order valence-electron chi connectivity index (χ4n) is 2.73. The third-order valence-corrected chi connectivity index (χ3v) is 4.12. The molecule has 1 heterocycles. The summed E-state index contributed by atoms with van der Waals surface area (Å²) in [5.41, 5.74) is 6.77. The zero-order valence-corrected chi connectivity index (χ0v) is 11.5. The molecule has 4 heteroatoms. The monoisotopic (exact) mass is 261 g/mol. The molecule has 0 spiro atoms. The van der Waals surface area contributed by atoms with E-state index < -0.39 is 0 Å². The highest BCUT2D eigenvalue weighted by Gasteiger charge is 2.26. The molecule has 2 rings (SSSR count). The van der Waals surface area contributed by atoms with Crippen molar-refractivity contribution in [1.29, 1.82) is 0 Å². The van der Waals surface area contributed by atoms with Gasteiger partial charge in [0.1, 0.15) is 0 Å². The van der Waals surface area contributed by atoms with Gasteiger partial charge in [0, 0.05) is 18.3 Å². The topological polar surface area (TPSA) is 68.0 Å². The van der Waals surface area contributed by atoms with Gasteiger partial charge in [0.15, 0.2) is 0 Å². The summed E-state index contributed by atoms with van der Waals surface area (Å²) in [5.74, 6) is 0.952. The van der Waals surface area contributed by atoms with Crippen LogP contribution >= 0.6 is 0 Å². The number of hydrogen-bond acceptors (Lipinski definition) is 3. The van der Waals surface area contributed by atoms with E-state index in [2.05, 4.69) is 10.3 Å². The van der Waals surface area contributed by atoms with E-state index in [0.717, 1.165) is 37.8 Å². The van der Waals surface area contributed by atoms with E-state index in [1.165, 1.54) is 0 Å². The second-order valence-corrected chi connectivity index (χ2v) is 5.46. The van der Waals surface area contributed by atoms with Gasteiger partial charge < -0.3 is 11.1 Å². The fourth-order valence-corrected chi connectivity index (χ4v) is 2.73. The molecule has 1 unspecified atom stereocenters. The quantitative estimate of drug-likeness (QED) is 0.871. The van der Waals surface area contributed by atoms with Crippen molar-refractivity contribution in [2.75, 3.05) is 6.54 Å². The summed E-state index contributed by atoms with van der Waals surface area (Å²) in [6.45, 7) is 2.76. The molecule has 1 atom stereocenters. The fraction of sp³-hybridized carbons (Fsp3) is 0.600. The third-order valence-electron chi connectivity index (χ3n) is 4.12. The van der Waals surface area contributed by atoms with Gasteiger partial charge in [0.2, 0.25) is 5.91 Å². The van der Waals surface area contributed by atoms with Gasteiger partial charge in [-0.2, -0.15) is 0 Å². The maximum Gasteiger partial charge on any atom is 0.223 e. The zero-order valence-electron chi connectivity index (χ0n) is 11.5. The number of carbonyl (C=O) groups excluding carboxylic acids is 1. The molecular formula is C15H23N3O. The predicted molar refractivity (Wildman–Crippen MR) is 75.3 cm³/mol. The Bertz CT molecular complexity index is 399. The number of carbonyl (C=O) groups is 1. The molecule has 0 bridgehead atoms. The average molecular weight is 261 g/mol. The number of amides is 1. The standard InChI is InChI=1S/C15H23N3O/c1-11(13-6-8-17-9-7-13)18-15(19)14-4-2-12(10-16)3-5-14/h6-9,11-12,14H,2-5,10,16H2,1H3,(H,18,19). The van der Waals surface area contributed by atoms with Gasteiger partial charge in [-0.15, -0.1) is 0 Å². The summed E-state index contributed by atoms with van der Waals surface area (Å²) < 4.78 is 0. The van der Waals surface area contributed by atoms with E-state index in [4.69, 9.17) is 5.73 Å². The van der Waals surface area contributed by atoms with Crippen molar-refractivity contribution in [3.05, 3.63) is 30.1 Å². The molecule has 1 fully saturated rings. The van der Waals surface area contributed by atoms with Crippen LogP contribution in [0.2, 0.25) is 0 Å². The first-order chi connectivity index (χ1) is 9.20. The Labute approximate surface area is 114 Å². The summed E-state index contributed by atoms with van der Waals surface area (Å²) >= 11 is 0. The third kappa shape index (κ3) is 3.77. The molecule has 19 heavy (non-hydrogen) atoms. The molecule has 0 aliphatic heterocycles. The van der Waals surface area contributed by atoms with E-state index in [-0.39, 0.29) is 17.9 Å². The molecule has 4 nitrogen and oxygen atoms in total. The summed E-state index contributed by atoms with van der Waals surface area (Å²) in [7, 11) is 0. The molecule has 0 saturated heterocycles. The van der Waals surface area contributed by atoms with Gasteiger partial charge in [0.25, 0.3) is 0 Å². The summed E-state index contributed by atoms with van der Waals surface area (Å²) in [4.78, 5) is 16.2. The minimum Gasteiger partial charge on any atom is -0.349 e. The number of pyridine rings is 1. The lowest BCUT2D eigenvalue weighted by atomic mass is 9.81. The average Bonchev–Trinajstić information content (AvgIpc) is 2.48. The number of nitrogens with zero attached hydrogens (tertiary/aromatic N) is 1. The number of hydrogen-bond donors (Lipinski definition) is 2. The molecule has 1 aliphatic rings. The second-order valence-electron chi connectivity index (χ2n) is 5.46. The van der Waals surface area contributed by atoms with Crippen molar-refractivity contribution in [2.24, 2.45) is 17.6 Å². The first-order valence-electron chi connectivity index (χ1n) is 7.11. The number of nitrogens with one attached hydrogen (secondary N) is 1. The van der Waals surface area contributed by atoms with E-state index in [1.54, 1.807) is 12.4 Å². The molecule has 3 N–H and O–H groups in total. The Balaban J connectivity index is 1.84. The summed E-state index contributed by atoms with van der Waals surface area (Å²) in [6.07, 6.45) is 7.61. The van der Waals surface area contributed by atoms with Crippen LogP contribution in [0, 0.1) is 11.8 Å². The number of aromatic nitrogens is 1. The van der Waals surface area contributed by atoms with Gasteiger partial charge >= 0.3 is 0 Å². The van der Waals surface area contributed by atoms with E-state index in [9.17, 15) is 4.79 Å². The Morgan fingerprint density at radius 3 is 2.58 bits per heavy atom. The first kappa shape index (κ1) is 14.0. The maximum atomic E-state index is 12.2. The zero-order chi connectivity index (χ0) is 13.7. The van der Waals surface area contributed by atoms with E-state index >= 15 is 0 Å². The molecule has 1 aliphatic carbocycles. The van der Waals surface area contributed by atoms with Gasteiger partial charge in [-0.1, -0.05) is 0 Å². The Morgan fingerprint density at radius 2 is 2.00 bits per heavy atom. The maximum absolute atomic E-state index is 12.2. The molecule has 0 radical (unpaired) electrons. The van der Waals surface area contributed by atoms with Crippen LogP contribution in [0.25, 0.3) is 0 Å². The smallest absolute Gasteiger partial charge is 0.223 e. The lowest BCUT2D eigenvalue weighted by Crippen LogP contribution is -2.35. The molecule has 104 valence electrons. The Kier molecular flexibility index (Phi) is 4.91. The van der Waals surface area contributed by atoms with E-state index in [0.29, 0.717) is 5.92 Å². The molecule has 1 saturated carbocycles. The summed E-state index contributed by atoms with van der Waals surface area (Å²) in [5, 5.41) is 3.10. The Hall–Kier alpha value is -1.42. The Morgan fingerprint density at radius 1 is 1.37 bits per heavy atom. The van der Waals surface area contributed by atoms with E-state index in [1.807, 2.05) is 19.1 Å². The van der Waals surface area contributed by atoms with Crippen LogP contribution in [0.1, 0.15) is 44.2 Å². The highest BCUT2D eigenvalue weighted by Crippen LogP contribution is 2.28. The van der Waals surface area contributed by atoms with Crippen molar-refractivity contribution < 1.29 is 4.79 Å². The SMILES string of the molecule is CC(NC(=O)C1CCC(CN)CC1)c1ccncc1. The second kappa shape index (κ2) is 6.66. The van der Waals surface area contributed by atoms with Gasteiger partial charge in [0.05, 0.1) is 6.04 Å². The lowest BCUT2D eigenvalue weighted by molar-refractivity contribution is -0.126. The van der Waals surface area contributed by atoms with Gasteiger partial charge in [-0.3, -0.25) is 9.78 Å². The minimum absolute atomic E-state index is 0.0442. The van der Waals surface area contributed by atoms with Crippen molar-refractivity contribution in [1.82, 2.24) is 10.3 Å². The lowest BCUT2D eigenvalue weighted by Gasteiger charge is -2.28. The minimum atomic E-state index is 0.0442. The molecular weight excluding hydrogens is 238 g/mol. The van der Waals surface area contributed by atoms with Crippen LogP contribution < -0.4 is 11.1 Å². The van der Waals surface area contributed by atoms with Crippen LogP contribution in [0.5, 0.6) is 0 Å². The normalized spacial score (nSPS) is 24.7. The molecule has 1 amide bonds. The summed E-state index contributed by atoms with van der Waals surface area (Å²) in [6, 6.07) is 3.93. The van der Waals surface area contributed by atoms with Crippen LogP contribution in [-0.4, -0.2) is 17.4 Å². The largest absolute Gasteiger partial charge is 0.349 e. The highest BCUT2D eigenvalue weighted by atomic mass is 16.1. The van der Waals surface area contributed by atoms with Crippen molar-refractivity contribution in [3.8, 4) is 0 Å². The van der Waals surface area contributed by atoms with Crippen LogP contribution in [0.3, 0.4) is 0 Å². The van der Waals surface area contributed by atoms with Crippen molar-refractivity contribution >= 4 is 5.91 Å². The van der Waals surface area contributed by atoms with Gasteiger partial charge in [-0.05, 0) is 62.8 Å². The van der Waals surface area contributed by atoms with Crippen molar-refractivity contribution in [3.63, 3.8) is 0 Å². The first-order valence-corrected chi connectivity index (χ1v) is 7.11. The predicted octanol–water partition coefficient (Wildman–Crippen LogP) is 2.02. The number of nitrogens with two attached hydrogens (primary N) is 1. The molecule has 0 aromatic carbocycles. The van der Waals surface area contributed by atoms with Crippen molar-refractivity contribution in [2.45, 2.75) is 38.6 Å². The van der Waals surface area contributed by atoms with Crippen LogP contribution in [0.15, 0.2) is 24.5 Å². The van der Waals surface area contributed by atoms with Crippen LogP contribution in [0.4, 0.5) is 0 Å². The van der Waals surface area contributed by atoms with Crippen LogP contribution in [-0.2, 0) is 4.79 Å².